The number of methoxy groups -OCH3 is 2. The van der Waals surface area contributed by atoms with Gasteiger partial charge in [0.05, 0.1) is 26.0 Å². The van der Waals surface area contributed by atoms with Gasteiger partial charge in [0.15, 0.2) is 0 Å². The normalized spacial score (nSPS) is 16.3. The number of piperidine rings is 1. The van der Waals surface area contributed by atoms with Crippen LogP contribution < -0.4 is 14.8 Å². The van der Waals surface area contributed by atoms with E-state index in [-0.39, 0.29) is 41.5 Å². The van der Waals surface area contributed by atoms with E-state index in [1.807, 2.05) is 13.0 Å². The number of hydrogen-bond donors (Lipinski definition) is 1. The lowest BCUT2D eigenvalue weighted by Gasteiger charge is -2.31. The third kappa shape index (κ3) is 5.96. The van der Waals surface area contributed by atoms with Gasteiger partial charge in [-0.25, -0.2) is 17.1 Å². The van der Waals surface area contributed by atoms with Crippen LogP contribution in [0.1, 0.15) is 36.9 Å². The Kier molecular flexibility index (Phi) is 8.20. The van der Waals surface area contributed by atoms with Crippen molar-refractivity contribution in [3.63, 3.8) is 0 Å². The van der Waals surface area contributed by atoms with Crippen molar-refractivity contribution in [3.05, 3.63) is 58.4 Å². The Labute approximate surface area is 198 Å². The molecule has 1 saturated heterocycles. The Balaban J connectivity index is 1.61. The van der Waals surface area contributed by atoms with E-state index in [0.717, 1.165) is 5.56 Å². The topological polar surface area (TPSA) is 84.9 Å². The smallest absolute Gasteiger partial charge is 0.223 e. The average molecular weight is 499 g/mol. The molecule has 0 radical (unpaired) electrons. The van der Waals surface area contributed by atoms with Gasteiger partial charge in [-0.2, -0.15) is 0 Å². The second kappa shape index (κ2) is 10.7. The first-order valence-electron chi connectivity index (χ1n) is 10.6. The molecule has 0 spiro atoms. The summed E-state index contributed by atoms with van der Waals surface area (Å²) in [7, 11) is -0.640. The van der Waals surface area contributed by atoms with Crippen molar-refractivity contribution < 1.29 is 27.1 Å². The van der Waals surface area contributed by atoms with Crippen molar-refractivity contribution in [2.45, 2.75) is 31.6 Å². The number of hydrogen-bond acceptors (Lipinski definition) is 5. The largest absolute Gasteiger partial charge is 0.497 e. The number of halogens is 2. The summed E-state index contributed by atoms with van der Waals surface area (Å²) in [5.41, 5.74) is 0.743. The van der Waals surface area contributed by atoms with E-state index in [0.29, 0.717) is 24.3 Å². The van der Waals surface area contributed by atoms with E-state index < -0.39 is 21.6 Å². The van der Waals surface area contributed by atoms with E-state index in [2.05, 4.69) is 5.32 Å². The molecule has 0 bridgehead atoms. The highest BCUT2D eigenvalue weighted by atomic mass is 35.5. The minimum Gasteiger partial charge on any atom is -0.497 e. The molecule has 1 heterocycles. The fourth-order valence-corrected chi connectivity index (χ4v) is 5.84. The quantitative estimate of drug-likeness (QED) is 0.596. The van der Waals surface area contributed by atoms with Crippen LogP contribution in [0.25, 0.3) is 0 Å². The summed E-state index contributed by atoms with van der Waals surface area (Å²) in [5, 5.41) is 3.07. The molecule has 1 atom stereocenters. The fraction of sp³-hybridized carbons (Fsp3) is 0.435. The van der Waals surface area contributed by atoms with Crippen molar-refractivity contribution in [1.29, 1.82) is 0 Å². The zero-order valence-corrected chi connectivity index (χ0v) is 20.4. The summed E-state index contributed by atoms with van der Waals surface area (Å²) in [6, 6.07) is 9.12. The minimum absolute atomic E-state index is 0.0416. The monoisotopic (exact) mass is 498 g/mol. The van der Waals surface area contributed by atoms with Gasteiger partial charge in [0.25, 0.3) is 0 Å². The van der Waals surface area contributed by atoms with Crippen molar-refractivity contribution in [3.8, 4) is 11.5 Å². The average Bonchev–Trinajstić information content (AvgIpc) is 2.81. The molecule has 1 N–H and O–H groups in total. The van der Waals surface area contributed by atoms with Gasteiger partial charge in [0.2, 0.25) is 15.9 Å². The number of nitrogens with zero attached hydrogens (tertiary/aromatic N) is 1. The summed E-state index contributed by atoms with van der Waals surface area (Å²) >= 11 is 5.99. The molecule has 1 fully saturated rings. The number of sulfonamides is 1. The maximum absolute atomic E-state index is 14.0. The Morgan fingerprint density at radius 3 is 2.52 bits per heavy atom. The first kappa shape index (κ1) is 25.3. The molecule has 2 aromatic rings. The van der Waals surface area contributed by atoms with E-state index in [1.165, 1.54) is 22.5 Å². The third-order valence-corrected chi connectivity index (χ3v) is 8.03. The lowest BCUT2D eigenvalue weighted by molar-refractivity contribution is -0.126. The Morgan fingerprint density at radius 1 is 1.21 bits per heavy atom. The van der Waals surface area contributed by atoms with Crippen LogP contribution in [0.3, 0.4) is 0 Å². The van der Waals surface area contributed by atoms with Crippen LogP contribution >= 0.6 is 11.6 Å². The lowest BCUT2D eigenvalue weighted by atomic mass is 9.96. The van der Waals surface area contributed by atoms with Crippen molar-refractivity contribution in [2.24, 2.45) is 5.92 Å². The number of nitrogens with one attached hydrogen (secondary N) is 1. The van der Waals surface area contributed by atoms with E-state index in [4.69, 9.17) is 21.1 Å². The Morgan fingerprint density at radius 2 is 1.91 bits per heavy atom. The molecular formula is C23H28ClFN2O5S. The van der Waals surface area contributed by atoms with Gasteiger partial charge in [-0.1, -0.05) is 17.7 Å². The number of ether oxygens (including phenoxy) is 2. The molecule has 2 aromatic carbocycles. The van der Waals surface area contributed by atoms with E-state index in [9.17, 15) is 17.6 Å². The van der Waals surface area contributed by atoms with Gasteiger partial charge in [-0.15, -0.1) is 0 Å². The van der Waals surface area contributed by atoms with Crippen LogP contribution in [0.2, 0.25) is 5.02 Å². The molecular weight excluding hydrogens is 471 g/mol. The maximum atomic E-state index is 14.0. The number of carbonyl (C=O) groups excluding carboxylic acids is 1. The van der Waals surface area contributed by atoms with E-state index >= 15 is 0 Å². The SMILES string of the molecule is COc1ccc(OC)c([C@H](C)NC(=O)C2CCN(S(=O)(=O)Cc3c(F)cccc3Cl)CC2)c1. The van der Waals surface area contributed by atoms with Gasteiger partial charge in [-0.3, -0.25) is 4.79 Å². The zero-order valence-electron chi connectivity index (χ0n) is 18.8. The second-order valence-corrected chi connectivity index (χ2v) is 10.3. The van der Waals surface area contributed by atoms with Crippen LogP contribution in [0, 0.1) is 11.7 Å². The maximum Gasteiger partial charge on any atom is 0.223 e. The van der Waals surface area contributed by atoms with Crippen molar-refractivity contribution in [2.75, 3.05) is 27.3 Å². The molecule has 180 valence electrons. The number of amides is 1. The molecule has 1 amide bonds. The minimum atomic E-state index is -3.77. The summed E-state index contributed by atoms with van der Waals surface area (Å²) < 4.78 is 51.6. The zero-order chi connectivity index (χ0) is 24.2. The van der Waals surface area contributed by atoms with Gasteiger partial charge in [0.1, 0.15) is 17.3 Å². The van der Waals surface area contributed by atoms with Crippen LogP contribution in [0.4, 0.5) is 4.39 Å². The fourth-order valence-electron chi connectivity index (χ4n) is 3.93. The molecule has 33 heavy (non-hydrogen) atoms. The van der Waals surface area contributed by atoms with Crippen LogP contribution in [-0.4, -0.2) is 45.9 Å². The van der Waals surface area contributed by atoms with E-state index in [1.54, 1.807) is 26.4 Å². The molecule has 1 aliphatic rings. The van der Waals surface area contributed by atoms with Gasteiger partial charge in [-0.05, 0) is 50.1 Å². The van der Waals surface area contributed by atoms with Crippen LogP contribution in [0.15, 0.2) is 36.4 Å². The van der Waals surface area contributed by atoms with Gasteiger partial charge < -0.3 is 14.8 Å². The molecule has 1 aliphatic heterocycles. The van der Waals surface area contributed by atoms with Gasteiger partial charge in [0, 0.05) is 35.2 Å². The summed E-state index contributed by atoms with van der Waals surface area (Å²) in [5.74, 6) is -0.352. The van der Waals surface area contributed by atoms with Crippen LogP contribution in [0.5, 0.6) is 11.5 Å². The molecule has 0 saturated carbocycles. The Bertz CT molecular complexity index is 1080. The standard InChI is InChI=1S/C23H28ClFN2O5S/c1-15(18-13-17(31-2)7-8-22(18)32-3)26-23(28)16-9-11-27(12-10-16)33(29,30)14-19-20(24)5-4-6-21(19)25/h4-8,13,15-16H,9-12,14H2,1-3H3,(H,26,28)/t15-/m0/s1. The predicted molar refractivity (Wildman–Crippen MR) is 124 cm³/mol. The summed E-state index contributed by atoms with van der Waals surface area (Å²) in [6.07, 6.45) is 0.746. The highest BCUT2D eigenvalue weighted by Crippen LogP contribution is 2.30. The third-order valence-electron chi connectivity index (χ3n) is 5.87. The number of rotatable bonds is 8. The molecule has 0 aromatic heterocycles. The van der Waals surface area contributed by atoms with Crippen molar-refractivity contribution in [1.82, 2.24) is 9.62 Å². The predicted octanol–water partition coefficient (Wildman–Crippen LogP) is 3.92. The van der Waals surface area contributed by atoms with Crippen molar-refractivity contribution >= 4 is 27.5 Å². The first-order valence-corrected chi connectivity index (χ1v) is 12.6. The highest BCUT2D eigenvalue weighted by molar-refractivity contribution is 7.88. The molecule has 0 unspecified atom stereocenters. The molecule has 3 rings (SSSR count). The number of carbonyl (C=O) groups is 1. The molecule has 7 nitrogen and oxygen atoms in total. The van der Waals surface area contributed by atoms with Gasteiger partial charge >= 0.3 is 0 Å². The number of benzene rings is 2. The Hall–Kier alpha value is -2.36. The molecule has 0 aliphatic carbocycles. The lowest BCUT2D eigenvalue weighted by Crippen LogP contribution is -2.43. The first-order chi connectivity index (χ1) is 15.7. The van der Waals surface area contributed by atoms with Crippen LogP contribution in [-0.2, 0) is 20.6 Å². The second-order valence-electron chi connectivity index (χ2n) is 7.97. The summed E-state index contributed by atoms with van der Waals surface area (Å²) in [6.45, 7) is 2.22. The highest BCUT2D eigenvalue weighted by Gasteiger charge is 2.32. The summed E-state index contributed by atoms with van der Waals surface area (Å²) in [4.78, 5) is 12.9. The molecule has 10 heteroatoms.